The van der Waals surface area contributed by atoms with Gasteiger partial charge in [-0.1, -0.05) is 0 Å². The Morgan fingerprint density at radius 3 is 2.23 bits per heavy atom. The van der Waals surface area contributed by atoms with Gasteiger partial charge in [-0.05, 0) is 19.8 Å². The van der Waals surface area contributed by atoms with Crippen LogP contribution in [0.15, 0.2) is 0 Å². The van der Waals surface area contributed by atoms with Crippen LogP contribution in [0.5, 0.6) is 0 Å². The van der Waals surface area contributed by atoms with Crippen LogP contribution >= 0.6 is 0 Å². The molecule has 0 radical (unpaired) electrons. The summed E-state index contributed by atoms with van der Waals surface area (Å²) in [7, 11) is 0. The van der Waals surface area contributed by atoms with Crippen LogP contribution in [0.25, 0.3) is 0 Å². The minimum Gasteiger partial charge on any atom is -0.396 e. The van der Waals surface area contributed by atoms with Gasteiger partial charge in [0.2, 0.25) is 0 Å². The van der Waals surface area contributed by atoms with Crippen LogP contribution < -0.4 is 0 Å². The van der Waals surface area contributed by atoms with E-state index in [0.29, 0.717) is 0 Å². The van der Waals surface area contributed by atoms with Gasteiger partial charge in [0.05, 0.1) is 0 Å². The molecule has 0 heterocycles. The van der Waals surface area contributed by atoms with Crippen LogP contribution in [0.4, 0.5) is 13.2 Å². The van der Waals surface area contributed by atoms with Crippen LogP contribution in [0, 0.1) is 5.92 Å². The highest BCUT2D eigenvalue weighted by atomic mass is 19.4. The Kier molecular flexibility index (Phi) is 4.98. The van der Waals surface area contributed by atoms with E-state index in [0.717, 1.165) is 0 Å². The largest absolute Gasteiger partial charge is 0.396 e. The van der Waals surface area contributed by atoms with E-state index in [-0.39, 0.29) is 25.2 Å². The molecule has 5 heteroatoms. The zero-order chi connectivity index (χ0) is 10.5. The fourth-order valence-electron chi connectivity index (χ4n) is 1.04. The van der Waals surface area contributed by atoms with Crippen molar-refractivity contribution in [2.45, 2.75) is 32.4 Å². The summed E-state index contributed by atoms with van der Waals surface area (Å²) in [5.41, 5.74) is 0. The van der Waals surface area contributed by atoms with Crippen molar-refractivity contribution in [1.29, 1.82) is 0 Å². The number of halogens is 3. The monoisotopic (exact) mass is 198 g/mol. The average molecular weight is 198 g/mol. The summed E-state index contributed by atoms with van der Waals surface area (Å²) >= 11 is 0. The molecule has 0 rings (SSSR count). The van der Waals surface area contributed by atoms with Gasteiger partial charge >= 0.3 is 6.18 Å². The molecule has 0 aliphatic heterocycles. The number of ketones is 1. The lowest BCUT2D eigenvalue weighted by molar-refractivity contribution is -0.140. The molecule has 13 heavy (non-hydrogen) atoms. The van der Waals surface area contributed by atoms with Crippen LogP contribution in [-0.4, -0.2) is 23.7 Å². The molecular weight excluding hydrogens is 185 g/mol. The van der Waals surface area contributed by atoms with Crippen LogP contribution in [0.3, 0.4) is 0 Å². The number of rotatable bonds is 5. The third-order valence-corrected chi connectivity index (χ3v) is 1.83. The molecule has 0 saturated carbocycles. The van der Waals surface area contributed by atoms with Crippen molar-refractivity contribution >= 4 is 5.78 Å². The number of hydrogen-bond acceptors (Lipinski definition) is 2. The predicted molar refractivity (Wildman–Crippen MR) is 41.2 cm³/mol. The van der Waals surface area contributed by atoms with E-state index in [1.165, 1.54) is 6.92 Å². The predicted octanol–water partition coefficient (Wildman–Crippen LogP) is 1.92. The Morgan fingerprint density at radius 2 is 1.92 bits per heavy atom. The zero-order valence-corrected chi connectivity index (χ0v) is 7.40. The summed E-state index contributed by atoms with van der Waals surface area (Å²) in [5.74, 6) is -0.954. The Morgan fingerprint density at radius 1 is 1.38 bits per heavy atom. The Labute approximate surface area is 74.7 Å². The van der Waals surface area contributed by atoms with E-state index in [1.807, 2.05) is 0 Å². The van der Waals surface area contributed by atoms with Gasteiger partial charge in [-0.15, -0.1) is 0 Å². The van der Waals surface area contributed by atoms with E-state index in [4.69, 9.17) is 5.11 Å². The van der Waals surface area contributed by atoms with Gasteiger partial charge in [-0.3, -0.25) is 4.79 Å². The number of carbonyl (C=O) groups is 1. The van der Waals surface area contributed by atoms with E-state index >= 15 is 0 Å². The normalized spacial score (nSPS) is 14.2. The fraction of sp³-hybridized carbons (Fsp3) is 0.875. The molecule has 0 aromatic heterocycles. The van der Waals surface area contributed by atoms with Crippen LogP contribution in [0.2, 0.25) is 0 Å². The third-order valence-electron chi connectivity index (χ3n) is 1.83. The molecule has 0 aromatic rings. The van der Waals surface area contributed by atoms with Crippen molar-refractivity contribution in [3.8, 4) is 0 Å². The third kappa shape index (κ3) is 6.57. The molecule has 0 fully saturated rings. The summed E-state index contributed by atoms with van der Waals surface area (Å²) in [5, 5.41) is 8.48. The second kappa shape index (κ2) is 5.21. The van der Waals surface area contributed by atoms with Crippen molar-refractivity contribution in [1.82, 2.24) is 0 Å². The number of Topliss-reactive ketones (excluding diaryl/α,β-unsaturated/α-hetero) is 1. The number of aliphatic hydroxyl groups is 1. The molecule has 0 aliphatic rings. The van der Waals surface area contributed by atoms with Crippen LogP contribution in [0.1, 0.15) is 26.2 Å². The Balaban J connectivity index is 3.90. The highest BCUT2D eigenvalue weighted by Gasteiger charge is 2.29. The SMILES string of the molecule is CC(=O)C(CCO)CCC(F)(F)F. The first kappa shape index (κ1) is 12.4. The molecule has 1 atom stereocenters. The summed E-state index contributed by atoms with van der Waals surface area (Å²) in [6.07, 6.45) is -5.29. The topological polar surface area (TPSA) is 37.3 Å². The molecule has 0 aliphatic carbocycles. The van der Waals surface area contributed by atoms with Gasteiger partial charge in [0.15, 0.2) is 0 Å². The standard InChI is InChI=1S/C8H13F3O2/c1-6(13)7(3-5-12)2-4-8(9,10)11/h7,12H,2-5H2,1H3. The second-order valence-electron chi connectivity index (χ2n) is 2.97. The molecule has 0 spiro atoms. The van der Waals surface area contributed by atoms with Crippen LogP contribution in [-0.2, 0) is 4.79 Å². The number of carbonyl (C=O) groups excluding carboxylic acids is 1. The molecule has 0 aromatic carbocycles. The first-order chi connectivity index (χ1) is 5.87. The average Bonchev–Trinajstić information content (AvgIpc) is 1.95. The first-order valence-electron chi connectivity index (χ1n) is 4.05. The van der Waals surface area contributed by atoms with Gasteiger partial charge in [0.1, 0.15) is 5.78 Å². The first-order valence-corrected chi connectivity index (χ1v) is 4.05. The van der Waals surface area contributed by atoms with E-state index in [9.17, 15) is 18.0 Å². The molecule has 1 N–H and O–H groups in total. The van der Waals surface area contributed by atoms with E-state index in [2.05, 4.69) is 0 Å². The summed E-state index contributed by atoms with van der Waals surface area (Å²) < 4.78 is 35.2. The number of alkyl halides is 3. The second-order valence-corrected chi connectivity index (χ2v) is 2.97. The molecule has 78 valence electrons. The fourth-order valence-corrected chi connectivity index (χ4v) is 1.04. The quantitative estimate of drug-likeness (QED) is 0.732. The van der Waals surface area contributed by atoms with Gasteiger partial charge < -0.3 is 5.11 Å². The zero-order valence-electron chi connectivity index (χ0n) is 7.40. The van der Waals surface area contributed by atoms with Gasteiger partial charge in [0, 0.05) is 18.9 Å². The Bertz CT molecular complexity index is 165. The van der Waals surface area contributed by atoms with E-state index in [1.54, 1.807) is 0 Å². The highest BCUT2D eigenvalue weighted by Crippen LogP contribution is 2.25. The summed E-state index contributed by atoms with van der Waals surface area (Å²) in [6.45, 7) is 0.999. The van der Waals surface area contributed by atoms with Crippen molar-refractivity contribution < 1.29 is 23.1 Å². The lowest BCUT2D eigenvalue weighted by atomic mass is 9.96. The number of hydrogen-bond donors (Lipinski definition) is 1. The van der Waals surface area contributed by atoms with E-state index < -0.39 is 18.5 Å². The van der Waals surface area contributed by atoms with Crippen molar-refractivity contribution in [3.63, 3.8) is 0 Å². The summed E-state index contributed by atoms with van der Waals surface area (Å²) in [4.78, 5) is 10.8. The maximum absolute atomic E-state index is 11.7. The lowest BCUT2D eigenvalue weighted by Crippen LogP contribution is -2.17. The summed E-state index contributed by atoms with van der Waals surface area (Å²) in [6, 6.07) is 0. The van der Waals surface area contributed by atoms with Gasteiger partial charge in [0.25, 0.3) is 0 Å². The molecule has 0 saturated heterocycles. The minimum absolute atomic E-state index is 0.116. The molecule has 2 nitrogen and oxygen atoms in total. The van der Waals surface area contributed by atoms with Crippen molar-refractivity contribution in [3.05, 3.63) is 0 Å². The molecule has 0 amide bonds. The Hall–Kier alpha value is -0.580. The highest BCUT2D eigenvalue weighted by molar-refractivity contribution is 5.78. The lowest BCUT2D eigenvalue weighted by Gasteiger charge is -2.13. The maximum atomic E-state index is 11.7. The smallest absolute Gasteiger partial charge is 0.389 e. The van der Waals surface area contributed by atoms with Crippen molar-refractivity contribution in [2.24, 2.45) is 5.92 Å². The molecule has 0 bridgehead atoms. The van der Waals surface area contributed by atoms with Crippen molar-refractivity contribution in [2.75, 3.05) is 6.61 Å². The van der Waals surface area contributed by atoms with Gasteiger partial charge in [-0.25, -0.2) is 0 Å². The molecule has 1 unspecified atom stereocenters. The maximum Gasteiger partial charge on any atom is 0.389 e. The van der Waals surface area contributed by atoms with Gasteiger partial charge in [-0.2, -0.15) is 13.2 Å². The number of aliphatic hydroxyl groups excluding tert-OH is 1. The molecular formula is C8H13F3O2. The minimum atomic E-state index is -4.22.